The summed E-state index contributed by atoms with van der Waals surface area (Å²) in [5, 5.41) is 9.24. The van der Waals surface area contributed by atoms with Crippen molar-refractivity contribution in [3.8, 4) is 0 Å². The van der Waals surface area contributed by atoms with Crippen LogP contribution in [0, 0.1) is 0 Å². The van der Waals surface area contributed by atoms with Crippen LogP contribution in [0.3, 0.4) is 0 Å². The van der Waals surface area contributed by atoms with E-state index in [0.29, 0.717) is 6.61 Å². The molecule has 0 aliphatic heterocycles. The molecular formula is C23H47O7PS. The second-order valence-corrected chi connectivity index (χ2v) is 10.8. The summed E-state index contributed by atoms with van der Waals surface area (Å²) >= 11 is 3.24. The van der Waals surface area contributed by atoms with Crippen LogP contribution in [0.4, 0.5) is 0 Å². The Balaban J connectivity index is 3.40. The minimum absolute atomic E-state index is 0.0540. The van der Waals surface area contributed by atoms with Gasteiger partial charge in [0.1, 0.15) is 12.3 Å². The van der Waals surface area contributed by atoms with Gasteiger partial charge in [-0.15, -0.1) is 0 Å². The monoisotopic (exact) mass is 498 g/mol. The Labute approximate surface area is 201 Å². The molecule has 32 heavy (non-hydrogen) atoms. The standard InChI is InChI=1S/C23H47O7PS/c1-2-3-4-5-6-7-8-9-10-11-12-13-14-15-16-17-18-28-20-22(19-24)29-23(25)21-31(26,27)30-32/h22,24,32H,2-21H2,1H3,(H,26,27)/t22-/m0/s1. The number of unbranched alkanes of at least 4 members (excludes halogenated alkanes) is 15. The SMILES string of the molecule is CCCCCCCCCCCCCCCCCCOC[C@H](CO)OC(=O)CP(=O)(O)OS. The molecule has 0 aromatic rings. The summed E-state index contributed by atoms with van der Waals surface area (Å²) in [6, 6.07) is 0. The van der Waals surface area contributed by atoms with Gasteiger partial charge < -0.3 is 19.5 Å². The van der Waals surface area contributed by atoms with Crippen LogP contribution in [0.2, 0.25) is 0 Å². The lowest BCUT2D eigenvalue weighted by molar-refractivity contribution is -0.151. The number of ether oxygens (including phenoxy) is 2. The third-order valence-electron chi connectivity index (χ3n) is 5.40. The highest BCUT2D eigenvalue weighted by Crippen LogP contribution is 2.42. The van der Waals surface area contributed by atoms with Gasteiger partial charge in [-0.3, -0.25) is 9.36 Å². The van der Waals surface area contributed by atoms with Crippen molar-refractivity contribution in [2.45, 2.75) is 116 Å². The lowest BCUT2D eigenvalue weighted by Crippen LogP contribution is -2.28. The van der Waals surface area contributed by atoms with E-state index in [1.165, 1.54) is 89.9 Å². The van der Waals surface area contributed by atoms with Crippen molar-refractivity contribution in [3.05, 3.63) is 0 Å². The predicted octanol–water partition coefficient (Wildman–Crippen LogP) is 6.22. The molecule has 0 aromatic carbocycles. The molecule has 0 rings (SSSR count). The molecule has 0 fully saturated rings. The van der Waals surface area contributed by atoms with E-state index < -0.39 is 32.4 Å². The summed E-state index contributed by atoms with van der Waals surface area (Å²) < 4.78 is 25.7. The van der Waals surface area contributed by atoms with Crippen LogP contribution >= 0.6 is 20.5 Å². The van der Waals surface area contributed by atoms with E-state index in [2.05, 4.69) is 23.8 Å². The van der Waals surface area contributed by atoms with Gasteiger partial charge in [-0.1, -0.05) is 103 Å². The lowest BCUT2D eigenvalue weighted by atomic mass is 10.0. The molecule has 0 aliphatic carbocycles. The largest absolute Gasteiger partial charge is 0.457 e. The summed E-state index contributed by atoms with van der Waals surface area (Å²) in [7, 11) is -4.10. The molecule has 0 bridgehead atoms. The second kappa shape index (κ2) is 22.7. The van der Waals surface area contributed by atoms with E-state index in [1.807, 2.05) is 0 Å². The second-order valence-electron chi connectivity index (χ2n) is 8.55. The highest BCUT2D eigenvalue weighted by molar-refractivity contribution is 7.81. The quantitative estimate of drug-likeness (QED) is 0.0477. The molecule has 7 nitrogen and oxygen atoms in total. The smallest absolute Gasteiger partial charge is 0.350 e. The number of esters is 1. The van der Waals surface area contributed by atoms with Gasteiger partial charge in [-0.05, 0) is 19.3 Å². The summed E-state index contributed by atoms with van der Waals surface area (Å²) in [4.78, 5) is 20.7. The number of carbonyl (C=O) groups is 1. The van der Waals surface area contributed by atoms with Crippen LogP contribution in [0.1, 0.15) is 110 Å². The molecule has 0 amide bonds. The predicted molar refractivity (Wildman–Crippen MR) is 132 cm³/mol. The van der Waals surface area contributed by atoms with E-state index in [1.54, 1.807) is 0 Å². The Bertz CT molecular complexity index is 479. The van der Waals surface area contributed by atoms with Crippen LogP contribution < -0.4 is 0 Å². The molecule has 0 aliphatic rings. The summed E-state index contributed by atoms with van der Waals surface area (Å²) in [5.74, 6) is -0.935. The third kappa shape index (κ3) is 21.7. The molecule has 0 saturated heterocycles. The van der Waals surface area contributed by atoms with E-state index in [4.69, 9.17) is 9.47 Å². The van der Waals surface area contributed by atoms with Gasteiger partial charge in [0, 0.05) is 6.61 Å². The molecule has 1 unspecified atom stereocenters. The van der Waals surface area contributed by atoms with Crippen LogP contribution in [-0.2, 0) is 22.8 Å². The van der Waals surface area contributed by atoms with Gasteiger partial charge in [0.05, 0.1) is 13.2 Å². The summed E-state index contributed by atoms with van der Waals surface area (Å²) in [6.07, 6.45) is 19.3. The van der Waals surface area contributed by atoms with Crippen molar-refractivity contribution in [1.82, 2.24) is 0 Å². The molecular weight excluding hydrogens is 451 g/mol. The zero-order valence-corrected chi connectivity index (χ0v) is 21.8. The first-order valence-corrected chi connectivity index (χ1v) is 14.6. The number of carbonyl (C=O) groups excluding carboxylic acids is 1. The Morgan fingerprint density at radius 3 is 1.69 bits per heavy atom. The molecule has 0 spiro atoms. The molecule has 0 saturated carbocycles. The van der Waals surface area contributed by atoms with Crippen LogP contribution in [0.5, 0.6) is 0 Å². The number of aliphatic hydroxyl groups excluding tert-OH is 1. The van der Waals surface area contributed by atoms with E-state index in [9.17, 15) is 19.4 Å². The lowest BCUT2D eigenvalue weighted by Gasteiger charge is -2.16. The fourth-order valence-electron chi connectivity index (χ4n) is 3.51. The maximum atomic E-state index is 11.5. The maximum absolute atomic E-state index is 11.5. The molecule has 192 valence electrons. The number of aliphatic hydroxyl groups is 1. The van der Waals surface area contributed by atoms with Crippen LogP contribution in [-0.4, -0.2) is 48.1 Å². The zero-order valence-electron chi connectivity index (χ0n) is 20.0. The van der Waals surface area contributed by atoms with Crippen LogP contribution in [0.25, 0.3) is 0 Å². The van der Waals surface area contributed by atoms with Gasteiger partial charge in [0.15, 0.2) is 0 Å². The topological polar surface area (TPSA) is 102 Å². The molecule has 2 N–H and O–H groups in total. The number of rotatable bonds is 24. The molecule has 9 heteroatoms. The molecule has 0 radical (unpaired) electrons. The van der Waals surface area contributed by atoms with Gasteiger partial charge in [0.2, 0.25) is 0 Å². The Morgan fingerprint density at radius 2 is 1.28 bits per heavy atom. The highest BCUT2D eigenvalue weighted by Gasteiger charge is 2.26. The van der Waals surface area contributed by atoms with Crippen molar-refractivity contribution < 1.29 is 32.8 Å². The fraction of sp³-hybridized carbons (Fsp3) is 0.957. The van der Waals surface area contributed by atoms with E-state index in [0.717, 1.165) is 12.8 Å². The van der Waals surface area contributed by atoms with E-state index >= 15 is 0 Å². The first kappa shape index (κ1) is 31.9. The molecule has 2 atom stereocenters. The minimum Gasteiger partial charge on any atom is -0.457 e. The maximum Gasteiger partial charge on any atom is 0.350 e. The molecule has 0 heterocycles. The van der Waals surface area contributed by atoms with Crippen molar-refractivity contribution in [2.24, 2.45) is 0 Å². The van der Waals surface area contributed by atoms with Gasteiger partial charge in [-0.25, -0.2) is 3.97 Å². The normalized spacial score (nSPS) is 14.2. The van der Waals surface area contributed by atoms with Gasteiger partial charge in [0.25, 0.3) is 0 Å². The molecule has 0 aromatic heterocycles. The number of hydrogen-bond acceptors (Lipinski definition) is 7. The highest BCUT2D eigenvalue weighted by atomic mass is 32.1. The average molecular weight is 499 g/mol. The minimum atomic E-state index is -4.10. The number of thiol groups is 1. The zero-order chi connectivity index (χ0) is 23.9. The Morgan fingerprint density at radius 1 is 0.844 bits per heavy atom. The van der Waals surface area contributed by atoms with Crippen LogP contribution in [0.15, 0.2) is 0 Å². The fourth-order valence-corrected chi connectivity index (χ4v) is 4.14. The van der Waals surface area contributed by atoms with Crippen molar-refractivity contribution in [3.63, 3.8) is 0 Å². The van der Waals surface area contributed by atoms with E-state index in [-0.39, 0.29) is 6.61 Å². The van der Waals surface area contributed by atoms with Crippen molar-refractivity contribution in [1.29, 1.82) is 0 Å². The number of hydrogen-bond donors (Lipinski definition) is 3. The summed E-state index contributed by atoms with van der Waals surface area (Å²) in [6.45, 7) is 2.43. The van der Waals surface area contributed by atoms with Crippen molar-refractivity contribution in [2.75, 3.05) is 26.0 Å². The first-order chi connectivity index (χ1) is 15.4. The summed E-state index contributed by atoms with van der Waals surface area (Å²) in [5.41, 5.74) is 0. The average Bonchev–Trinajstić information content (AvgIpc) is 2.77. The van der Waals surface area contributed by atoms with Gasteiger partial charge >= 0.3 is 13.6 Å². The third-order valence-corrected chi connectivity index (χ3v) is 7.08. The Hall–Kier alpha value is -0.110. The van der Waals surface area contributed by atoms with Crippen molar-refractivity contribution >= 4 is 26.5 Å². The first-order valence-electron chi connectivity index (χ1n) is 12.5. The van der Waals surface area contributed by atoms with Gasteiger partial charge in [-0.2, -0.15) is 0 Å². The Kier molecular flexibility index (Phi) is 22.6.